The number of aromatic nitrogens is 4. The molecule has 0 unspecified atom stereocenters. The van der Waals surface area contributed by atoms with E-state index in [-0.39, 0.29) is 16.3 Å². The average molecular weight is 451 g/mol. The van der Waals surface area contributed by atoms with Crippen LogP contribution < -0.4 is 0 Å². The highest BCUT2D eigenvalue weighted by molar-refractivity contribution is 7.90. The molecule has 0 aliphatic rings. The summed E-state index contributed by atoms with van der Waals surface area (Å²) in [6, 6.07) is 5.44. The van der Waals surface area contributed by atoms with E-state index >= 15 is 0 Å². The molecular weight excluding hydrogens is 441 g/mol. The van der Waals surface area contributed by atoms with Crippen LogP contribution in [-0.2, 0) is 27.4 Å². The first-order valence-electron chi connectivity index (χ1n) is 7.57. The smallest absolute Gasteiger partial charge is 0.436 e. The Morgan fingerprint density at radius 2 is 1.93 bits per heavy atom. The van der Waals surface area contributed by atoms with Crippen molar-refractivity contribution in [1.29, 1.82) is 0 Å². The first-order chi connectivity index (χ1) is 13.4. The molecule has 2 heterocycles. The molecule has 0 saturated heterocycles. The molecule has 154 valence electrons. The number of sulfone groups is 1. The lowest BCUT2D eigenvalue weighted by molar-refractivity contribution is -0.143. The number of hydrogen-bond donors (Lipinski definition) is 1. The Morgan fingerprint density at radius 3 is 2.52 bits per heavy atom. The lowest BCUT2D eigenvalue weighted by Gasteiger charge is -2.01. The Morgan fingerprint density at radius 1 is 1.28 bits per heavy atom. The topological polar surface area (TPSA) is 128 Å². The summed E-state index contributed by atoms with van der Waals surface area (Å²) in [6.07, 6.45) is -3.95. The summed E-state index contributed by atoms with van der Waals surface area (Å²) in [4.78, 5) is 10.9. The molecule has 0 fully saturated rings. The molecule has 0 bridgehead atoms. The van der Waals surface area contributed by atoms with Gasteiger partial charge in [-0.15, -0.1) is 10.2 Å². The lowest BCUT2D eigenvalue weighted by atomic mass is 10.2. The molecule has 29 heavy (non-hydrogen) atoms. The van der Waals surface area contributed by atoms with Crippen molar-refractivity contribution in [2.24, 2.45) is 0 Å². The van der Waals surface area contributed by atoms with Gasteiger partial charge in [-0.05, 0) is 18.2 Å². The van der Waals surface area contributed by atoms with E-state index in [1.807, 2.05) is 0 Å². The van der Waals surface area contributed by atoms with Crippen LogP contribution in [0.3, 0.4) is 0 Å². The SMILES string of the molecule is CS(=O)(=O)c1cccc(-c2nnc(-c3c(Cl)c(C(F)(F)F)nn3CC(=O)O)o2)c1. The van der Waals surface area contributed by atoms with Gasteiger partial charge in [-0.25, -0.2) is 13.1 Å². The van der Waals surface area contributed by atoms with E-state index < -0.39 is 50.8 Å². The minimum Gasteiger partial charge on any atom is -0.480 e. The molecule has 3 rings (SSSR count). The summed E-state index contributed by atoms with van der Waals surface area (Å²) in [6.45, 7) is -0.938. The van der Waals surface area contributed by atoms with Crippen LogP contribution in [-0.4, -0.2) is 45.7 Å². The fourth-order valence-corrected chi connectivity index (χ4v) is 3.35. The zero-order valence-corrected chi connectivity index (χ0v) is 15.9. The predicted molar refractivity (Wildman–Crippen MR) is 91.7 cm³/mol. The van der Waals surface area contributed by atoms with Gasteiger partial charge >= 0.3 is 12.1 Å². The molecule has 0 atom stereocenters. The second-order valence-corrected chi connectivity index (χ2v) is 8.17. The van der Waals surface area contributed by atoms with Gasteiger partial charge in [0.1, 0.15) is 17.3 Å². The molecular formula is C15H10ClF3N4O5S. The molecule has 1 aromatic carbocycles. The van der Waals surface area contributed by atoms with Gasteiger partial charge in [0, 0.05) is 11.8 Å². The third-order valence-electron chi connectivity index (χ3n) is 3.58. The normalized spacial score (nSPS) is 12.3. The zero-order chi connectivity index (χ0) is 21.6. The fourth-order valence-electron chi connectivity index (χ4n) is 2.36. The van der Waals surface area contributed by atoms with E-state index in [1.165, 1.54) is 24.3 Å². The van der Waals surface area contributed by atoms with Gasteiger partial charge in [-0.3, -0.25) is 4.79 Å². The Hall–Kier alpha value is -2.93. The van der Waals surface area contributed by atoms with E-state index in [0.29, 0.717) is 4.68 Å². The van der Waals surface area contributed by atoms with E-state index in [2.05, 4.69) is 15.3 Å². The maximum atomic E-state index is 13.1. The van der Waals surface area contributed by atoms with Gasteiger partial charge in [-0.2, -0.15) is 18.3 Å². The third-order valence-corrected chi connectivity index (χ3v) is 5.05. The molecule has 0 saturated carbocycles. The predicted octanol–water partition coefficient (Wildman–Crippen LogP) is 2.76. The van der Waals surface area contributed by atoms with E-state index in [9.17, 15) is 26.4 Å². The summed E-state index contributed by atoms with van der Waals surface area (Å²) in [5.41, 5.74) is -1.85. The van der Waals surface area contributed by atoms with E-state index in [4.69, 9.17) is 21.1 Å². The fraction of sp³-hybridized carbons (Fsp3) is 0.200. The van der Waals surface area contributed by atoms with E-state index in [1.54, 1.807) is 0 Å². The first-order valence-corrected chi connectivity index (χ1v) is 9.84. The number of alkyl halides is 3. The largest absolute Gasteiger partial charge is 0.480 e. The van der Waals surface area contributed by atoms with Crippen LogP contribution in [0, 0.1) is 0 Å². The molecule has 1 N–H and O–H groups in total. The monoisotopic (exact) mass is 450 g/mol. The second-order valence-electron chi connectivity index (χ2n) is 5.77. The quantitative estimate of drug-likeness (QED) is 0.628. The summed E-state index contributed by atoms with van der Waals surface area (Å²) < 4.78 is 68.4. The van der Waals surface area contributed by atoms with Crippen molar-refractivity contribution in [3.63, 3.8) is 0 Å². The molecule has 9 nitrogen and oxygen atoms in total. The van der Waals surface area contributed by atoms with Gasteiger partial charge in [0.2, 0.25) is 5.89 Å². The van der Waals surface area contributed by atoms with Crippen molar-refractivity contribution in [3.8, 4) is 23.0 Å². The molecule has 0 radical (unpaired) electrons. The van der Waals surface area contributed by atoms with Gasteiger partial charge in [0.25, 0.3) is 5.89 Å². The lowest BCUT2D eigenvalue weighted by Crippen LogP contribution is -2.13. The highest BCUT2D eigenvalue weighted by atomic mass is 35.5. The molecule has 3 aromatic rings. The summed E-state index contributed by atoms with van der Waals surface area (Å²) >= 11 is 5.77. The number of benzene rings is 1. The molecule has 0 amide bonds. The van der Waals surface area contributed by atoms with Crippen LogP contribution in [0.25, 0.3) is 23.0 Å². The van der Waals surface area contributed by atoms with Crippen molar-refractivity contribution in [2.75, 3.05) is 6.26 Å². The summed E-state index contributed by atoms with van der Waals surface area (Å²) in [5.74, 6) is -2.20. The second kappa shape index (κ2) is 7.15. The standard InChI is InChI=1S/C15H10ClF3N4O5S/c1-29(26,27)8-4-2-3-7(5-8)13-20-21-14(28-13)11-10(16)12(15(17,18)19)22-23(11)6-9(24)25/h2-5H,6H2,1H3,(H,24,25). The zero-order valence-electron chi connectivity index (χ0n) is 14.3. The molecule has 0 aliphatic carbocycles. The molecule has 14 heteroatoms. The van der Waals surface area contributed by atoms with E-state index in [0.717, 1.165) is 6.26 Å². The Labute approximate surface area is 165 Å². The maximum absolute atomic E-state index is 13.1. The number of carboxylic acids is 1. The highest BCUT2D eigenvalue weighted by Crippen LogP contribution is 2.39. The Bertz CT molecular complexity index is 1200. The number of hydrogen-bond acceptors (Lipinski definition) is 7. The molecule has 2 aromatic heterocycles. The first kappa shape index (κ1) is 20.8. The third kappa shape index (κ3) is 4.24. The van der Waals surface area contributed by atoms with Crippen LogP contribution in [0.5, 0.6) is 0 Å². The number of carboxylic acid groups (broad SMARTS) is 1. The maximum Gasteiger partial charge on any atom is 0.436 e. The van der Waals surface area contributed by atoms with Gasteiger partial charge in [-0.1, -0.05) is 17.7 Å². The molecule has 0 aliphatic heterocycles. The minimum absolute atomic E-state index is 0.0388. The van der Waals surface area contributed by atoms with Crippen LogP contribution >= 0.6 is 11.6 Å². The van der Waals surface area contributed by atoms with Gasteiger partial charge < -0.3 is 9.52 Å². The molecule has 0 spiro atoms. The Kier molecular flexibility index (Phi) is 5.13. The number of carbonyl (C=O) groups is 1. The Balaban J connectivity index is 2.11. The summed E-state index contributed by atoms with van der Waals surface area (Å²) in [5, 5.41) is 18.5. The van der Waals surface area contributed by atoms with Crippen LogP contribution in [0.15, 0.2) is 33.6 Å². The van der Waals surface area contributed by atoms with Crippen molar-refractivity contribution in [2.45, 2.75) is 17.6 Å². The van der Waals surface area contributed by atoms with Gasteiger partial charge in [0.05, 0.1) is 4.90 Å². The van der Waals surface area contributed by atoms with Crippen molar-refractivity contribution in [3.05, 3.63) is 35.0 Å². The van der Waals surface area contributed by atoms with Crippen molar-refractivity contribution < 1.29 is 35.9 Å². The van der Waals surface area contributed by atoms with Crippen LogP contribution in [0.1, 0.15) is 5.69 Å². The number of nitrogens with zero attached hydrogens (tertiary/aromatic N) is 4. The average Bonchev–Trinajstić information content (AvgIpc) is 3.18. The van der Waals surface area contributed by atoms with Gasteiger partial charge in [0.15, 0.2) is 15.5 Å². The number of aliphatic carboxylic acids is 1. The minimum atomic E-state index is -4.94. The summed E-state index contributed by atoms with van der Waals surface area (Å²) in [7, 11) is -3.53. The number of halogens is 4. The van der Waals surface area contributed by atoms with Crippen molar-refractivity contribution in [1.82, 2.24) is 20.0 Å². The number of rotatable bonds is 5. The van der Waals surface area contributed by atoms with Crippen LogP contribution in [0.2, 0.25) is 5.02 Å². The van der Waals surface area contributed by atoms with Crippen LogP contribution in [0.4, 0.5) is 13.2 Å². The highest BCUT2D eigenvalue weighted by Gasteiger charge is 2.40. The van der Waals surface area contributed by atoms with Crippen molar-refractivity contribution >= 4 is 27.4 Å².